The molecule has 7 heteroatoms. The summed E-state index contributed by atoms with van der Waals surface area (Å²) in [6.45, 7) is 0. The van der Waals surface area contributed by atoms with E-state index in [0.717, 1.165) is 4.47 Å². The van der Waals surface area contributed by atoms with Crippen molar-refractivity contribution >= 4 is 45.1 Å². The fourth-order valence-corrected chi connectivity index (χ4v) is 2.36. The van der Waals surface area contributed by atoms with Crippen LogP contribution < -0.4 is 10.6 Å². The topological polar surface area (TPSA) is 84.5 Å². The van der Waals surface area contributed by atoms with E-state index in [1.54, 1.807) is 36.4 Å². The molecule has 0 bridgehead atoms. The second-order valence-corrected chi connectivity index (χ2v) is 5.64. The van der Waals surface area contributed by atoms with Gasteiger partial charge in [-0.3, -0.25) is 9.59 Å². The number of para-hydroxylation sites is 2. The Morgan fingerprint density at radius 2 is 1.46 bits per heavy atom. The van der Waals surface area contributed by atoms with Crippen molar-refractivity contribution in [2.45, 2.75) is 6.42 Å². The molecule has 2 N–H and O–H groups in total. The first-order chi connectivity index (χ1) is 11.5. The summed E-state index contributed by atoms with van der Waals surface area (Å²) in [6.07, 6.45) is -0.378. The highest BCUT2D eigenvalue weighted by molar-refractivity contribution is 9.10. The van der Waals surface area contributed by atoms with Crippen molar-refractivity contribution in [2.75, 3.05) is 17.7 Å². The summed E-state index contributed by atoms with van der Waals surface area (Å²) in [4.78, 5) is 35.6. The number of esters is 1. The number of hydrogen-bond donors (Lipinski definition) is 2. The number of benzene rings is 2. The van der Waals surface area contributed by atoms with Crippen LogP contribution in [0.3, 0.4) is 0 Å². The van der Waals surface area contributed by atoms with E-state index in [1.807, 2.05) is 6.07 Å². The minimum absolute atomic E-state index is 0.222. The highest BCUT2D eigenvalue weighted by Crippen LogP contribution is 2.21. The number of carbonyl (C=O) groups excluding carboxylic acids is 3. The summed E-state index contributed by atoms with van der Waals surface area (Å²) < 4.78 is 5.37. The van der Waals surface area contributed by atoms with Gasteiger partial charge in [-0.1, -0.05) is 24.3 Å². The van der Waals surface area contributed by atoms with Crippen LogP contribution in [-0.4, -0.2) is 24.9 Å². The molecule has 6 nitrogen and oxygen atoms in total. The average Bonchev–Trinajstić information content (AvgIpc) is 2.56. The molecule has 2 aromatic carbocycles. The first-order valence-electron chi connectivity index (χ1n) is 7.03. The van der Waals surface area contributed by atoms with Gasteiger partial charge in [-0.25, -0.2) is 4.79 Å². The molecular formula is C17H15BrN2O4. The van der Waals surface area contributed by atoms with Crippen molar-refractivity contribution in [1.82, 2.24) is 0 Å². The Labute approximate surface area is 147 Å². The molecule has 2 rings (SSSR count). The van der Waals surface area contributed by atoms with Crippen LogP contribution >= 0.6 is 15.9 Å². The molecule has 0 saturated carbocycles. The predicted molar refractivity (Wildman–Crippen MR) is 93.8 cm³/mol. The first kappa shape index (κ1) is 17.7. The summed E-state index contributed by atoms with van der Waals surface area (Å²) in [5, 5.41) is 5.18. The van der Waals surface area contributed by atoms with E-state index < -0.39 is 17.8 Å². The van der Waals surface area contributed by atoms with Gasteiger partial charge in [-0.05, 0) is 40.2 Å². The van der Waals surface area contributed by atoms with Gasteiger partial charge >= 0.3 is 5.97 Å². The Kier molecular flexibility index (Phi) is 6.08. The molecule has 0 heterocycles. The highest BCUT2D eigenvalue weighted by atomic mass is 79.9. The van der Waals surface area contributed by atoms with Crippen LogP contribution in [0.2, 0.25) is 0 Å². The molecule has 2 amide bonds. The van der Waals surface area contributed by atoms with Crippen LogP contribution in [0.5, 0.6) is 0 Å². The SMILES string of the molecule is COC(=O)c1ccccc1NC(=O)CC(=O)Nc1ccccc1Br. The number of ether oxygens (including phenoxy) is 1. The van der Waals surface area contributed by atoms with Gasteiger partial charge in [0.15, 0.2) is 0 Å². The second-order valence-electron chi connectivity index (χ2n) is 4.79. The largest absolute Gasteiger partial charge is 0.465 e. The number of hydrogen-bond acceptors (Lipinski definition) is 4. The monoisotopic (exact) mass is 390 g/mol. The minimum atomic E-state index is -0.566. The lowest BCUT2D eigenvalue weighted by molar-refractivity contribution is -0.123. The zero-order chi connectivity index (χ0) is 17.5. The van der Waals surface area contributed by atoms with Gasteiger partial charge < -0.3 is 15.4 Å². The number of halogens is 1. The molecule has 0 aliphatic heterocycles. The lowest BCUT2D eigenvalue weighted by Gasteiger charge is -2.10. The minimum Gasteiger partial charge on any atom is -0.465 e. The molecule has 0 aromatic heterocycles. The molecule has 0 unspecified atom stereocenters. The number of carbonyl (C=O) groups is 3. The molecular weight excluding hydrogens is 376 g/mol. The van der Waals surface area contributed by atoms with E-state index in [1.165, 1.54) is 13.2 Å². The quantitative estimate of drug-likeness (QED) is 0.606. The van der Waals surface area contributed by atoms with Gasteiger partial charge in [0.25, 0.3) is 0 Å². The van der Waals surface area contributed by atoms with Gasteiger partial charge in [0.05, 0.1) is 24.0 Å². The molecule has 0 aliphatic carbocycles. The van der Waals surface area contributed by atoms with Crippen molar-refractivity contribution in [3.63, 3.8) is 0 Å². The van der Waals surface area contributed by atoms with Crippen molar-refractivity contribution in [1.29, 1.82) is 0 Å². The Morgan fingerprint density at radius 1 is 0.917 bits per heavy atom. The van der Waals surface area contributed by atoms with E-state index in [2.05, 4.69) is 31.3 Å². The molecule has 0 spiro atoms. The summed E-state index contributed by atoms with van der Waals surface area (Å²) in [6, 6.07) is 13.5. The summed E-state index contributed by atoms with van der Waals surface area (Å²) >= 11 is 3.31. The summed E-state index contributed by atoms with van der Waals surface area (Å²) in [5.41, 5.74) is 1.09. The standard InChI is InChI=1S/C17H15BrN2O4/c1-24-17(23)11-6-2-4-8-13(11)19-15(21)10-16(22)20-14-9-5-3-7-12(14)18/h2-9H,10H2,1H3,(H,19,21)(H,20,22). The Balaban J connectivity index is 2.00. The molecule has 0 radical (unpaired) electrons. The number of methoxy groups -OCH3 is 1. The zero-order valence-corrected chi connectivity index (χ0v) is 14.4. The summed E-state index contributed by atoms with van der Waals surface area (Å²) in [5.74, 6) is -1.56. The lowest BCUT2D eigenvalue weighted by Crippen LogP contribution is -2.22. The molecule has 0 atom stereocenters. The van der Waals surface area contributed by atoms with Gasteiger partial charge in [0.1, 0.15) is 6.42 Å². The Bertz CT molecular complexity index is 777. The number of amides is 2. The van der Waals surface area contributed by atoms with E-state index in [4.69, 9.17) is 0 Å². The van der Waals surface area contributed by atoms with Crippen molar-refractivity contribution in [3.05, 3.63) is 58.6 Å². The third kappa shape index (κ3) is 4.66. The van der Waals surface area contributed by atoms with E-state index in [9.17, 15) is 14.4 Å². The van der Waals surface area contributed by atoms with Crippen LogP contribution in [0, 0.1) is 0 Å². The molecule has 0 saturated heterocycles. The van der Waals surface area contributed by atoms with E-state index in [-0.39, 0.29) is 12.0 Å². The molecule has 0 aliphatic rings. The van der Waals surface area contributed by atoms with Crippen LogP contribution in [0.25, 0.3) is 0 Å². The van der Waals surface area contributed by atoms with E-state index >= 15 is 0 Å². The predicted octanol–water partition coefficient (Wildman–Crippen LogP) is 3.20. The maximum atomic E-state index is 12.0. The average molecular weight is 391 g/mol. The Morgan fingerprint density at radius 3 is 2.08 bits per heavy atom. The lowest BCUT2D eigenvalue weighted by atomic mass is 10.1. The normalized spacial score (nSPS) is 9.92. The smallest absolute Gasteiger partial charge is 0.339 e. The van der Waals surface area contributed by atoms with Crippen LogP contribution in [0.1, 0.15) is 16.8 Å². The molecule has 24 heavy (non-hydrogen) atoms. The number of anilines is 2. The fourth-order valence-electron chi connectivity index (χ4n) is 1.98. The number of nitrogens with one attached hydrogen (secondary N) is 2. The fraction of sp³-hybridized carbons (Fsp3) is 0.118. The summed E-state index contributed by atoms with van der Waals surface area (Å²) in [7, 11) is 1.26. The zero-order valence-electron chi connectivity index (χ0n) is 12.8. The molecule has 124 valence electrons. The third-order valence-electron chi connectivity index (χ3n) is 3.08. The third-order valence-corrected chi connectivity index (χ3v) is 3.77. The number of rotatable bonds is 5. The van der Waals surface area contributed by atoms with E-state index in [0.29, 0.717) is 11.4 Å². The Hall–Kier alpha value is -2.67. The maximum absolute atomic E-state index is 12.0. The molecule has 2 aromatic rings. The van der Waals surface area contributed by atoms with Crippen molar-refractivity contribution in [2.24, 2.45) is 0 Å². The van der Waals surface area contributed by atoms with Gasteiger partial charge in [-0.15, -0.1) is 0 Å². The van der Waals surface area contributed by atoms with Gasteiger partial charge in [0.2, 0.25) is 11.8 Å². The van der Waals surface area contributed by atoms with Crippen LogP contribution in [0.4, 0.5) is 11.4 Å². The maximum Gasteiger partial charge on any atom is 0.339 e. The van der Waals surface area contributed by atoms with Gasteiger partial charge in [0, 0.05) is 4.47 Å². The second kappa shape index (κ2) is 8.26. The highest BCUT2D eigenvalue weighted by Gasteiger charge is 2.15. The first-order valence-corrected chi connectivity index (χ1v) is 7.82. The molecule has 0 fully saturated rings. The van der Waals surface area contributed by atoms with Crippen LogP contribution in [-0.2, 0) is 14.3 Å². The van der Waals surface area contributed by atoms with Crippen LogP contribution in [0.15, 0.2) is 53.0 Å². The van der Waals surface area contributed by atoms with Gasteiger partial charge in [-0.2, -0.15) is 0 Å². The van der Waals surface area contributed by atoms with Crippen molar-refractivity contribution < 1.29 is 19.1 Å². The van der Waals surface area contributed by atoms with Crippen molar-refractivity contribution in [3.8, 4) is 0 Å².